The molecule has 0 saturated heterocycles. The normalized spacial score (nSPS) is 12.1. The van der Waals surface area contributed by atoms with Gasteiger partial charge in [0, 0.05) is 31.1 Å². The van der Waals surface area contributed by atoms with Crippen LogP contribution in [0.1, 0.15) is 11.8 Å². The molecule has 15 heavy (non-hydrogen) atoms. The molecule has 0 aliphatic rings. The number of nitrogens with one attached hydrogen (secondary N) is 2. The molecule has 0 fully saturated rings. The van der Waals surface area contributed by atoms with Crippen LogP contribution in [0.25, 0.3) is 0 Å². The summed E-state index contributed by atoms with van der Waals surface area (Å²) in [4.78, 5) is 1.36. The Balaban J connectivity index is 0.00000196. The van der Waals surface area contributed by atoms with Crippen molar-refractivity contribution in [2.24, 2.45) is 0 Å². The lowest BCUT2D eigenvalue weighted by Gasteiger charge is -2.07. The van der Waals surface area contributed by atoms with E-state index in [1.165, 1.54) is 4.88 Å². The fourth-order valence-corrected chi connectivity index (χ4v) is 1.79. The van der Waals surface area contributed by atoms with Crippen molar-refractivity contribution in [1.82, 2.24) is 10.6 Å². The number of rotatable bonds is 7. The molecule has 1 aromatic rings. The second-order valence-electron chi connectivity index (χ2n) is 3.31. The molecule has 1 unspecified atom stereocenters. The first kappa shape index (κ1) is 14.9. The molecule has 0 amide bonds. The SMILES string of the molecule is CC(O)CNCCNCc1cccs1.[Cl-]. The number of thiophene rings is 1. The second kappa shape index (κ2) is 9.12. The predicted molar refractivity (Wildman–Crippen MR) is 60.6 cm³/mol. The molecule has 0 saturated carbocycles. The number of aliphatic hydroxyl groups excluding tert-OH is 1. The highest BCUT2D eigenvalue weighted by Crippen LogP contribution is 2.06. The third-order valence-corrected chi connectivity index (χ3v) is 2.67. The summed E-state index contributed by atoms with van der Waals surface area (Å²) < 4.78 is 0. The van der Waals surface area contributed by atoms with Crippen LogP contribution in [0.5, 0.6) is 0 Å². The van der Waals surface area contributed by atoms with Crippen LogP contribution in [0.3, 0.4) is 0 Å². The van der Waals surface area contributed by atoms with E-state index in [0.717, 1.165) is 19.6 Å². The molecule has 1 atom stereocenters. The zero-order valence-electron chi connectivity index (χ0n) is 8.87. The molecule has 88 valence electrons. The van der Waals surface area contributed by atoms with E-state index < -0.39 is 0 Å². The van der Waals surface area contributed by atoms with Gasteiger partial charge in [0.15, 0.2) is 0 Å². The number of aliphatic hydroxyl groups is 1. The van der Waals surface area contributed by atoms with Gasteiger partial charge in [-0.15, -0.1) is 11.3 Å². The van der Waals surface area contributed by atoms with Crippen molar-refractivity contribution < 1.29 is 17.5 Å². The van der Waals surface area contributed by atoms with Gasteiger partial charge in [-0.1, -0.05) is 6.07 Å². The first-order valence-corrected chi connectivity index (χ1v) is 5.79. The lowest BCUT2D eigenvalue weighted by Crippen LogP contribution is -3.00. The lowest BCUT2D eigenvalue weighted by molar-refractivity contribution is -0.00000509. The van der Waals surface area contributed by atoms with Crippen LogP contribution in [-0.2, 0) is 6.54 Å². The summed E-state index contributed by atoms with van der Waals surface area (Å²) in [5, 5.41) is 17.5. The molecule has 3 nitrogen and oxygen atoms in total. The summed E-state index contributed by atoms with van der Waals surface area (Å²) in [6.07, 6.45) is -0.257. The maximum atomic E-state index is 8.98. The molecule has 1 heterocycles. The van der Waals surface area contributed by atoms with Crippen molar-refractivity contribution in [3.8, 4) is 0 Å². The molecule has 0 spiro atoms. The molecular formula is C10H18ClN2OS-. The van der Waals surface area contributed by atoms with Gasteiger partial charge in [-0.25, -0.2) is 0 Å². The van der Waals surface area contributed by atoms with Crippen molar-refractivity contribution in [2.45, 2.75) is 19.6 Å². The molecular weight excluding hydrogens is 232 g/mol. The quantitative estimate of drug-likeness (QED) is 0.482. The Hall–Kier alpha value is -0.130. The summed E-state index contributed by atoms with van der Waals surface area (Å²) in [6, 6.07) is 4.19. The van der Waals surface area contributed by atoms with Gasteiger partial charge in [-0.3, -0.25) is 0 Å². The number of halogens is 1. The first-order chi connectivity index (χ1) is 6.79. The van der Waals surface area contributed by atoms with Crippen molar-refractivity contribution in [2.75, 3.05) is 19.6 Å². The van der Waals surface area contributed by atoms with Gasteiger partial charge >= 0.3 is 0 Å². The van der Waals surface area contributed by atoms with Crippen LogP contribution < -0.4 is 23.0 Å². The van der Waals surface area contributed by atoms with E-state index in [4.69, 9.17) is 5.11 Å². The fourth-order valence-electron chi connectivity index (χ4n) is 1.11. The predicted octanol–water partition coefficient (Wildman–Crippen LogP) is -2.19. The van der Waals surface area contributed by atoms with Crippen LogP contribution in [0.15, 0.2) is 17.5 Å². The van der Waals surface area contributed by atoms with Crippen molar-refractivity contribution >= 4 is 11.3 Å². The van der Waals surface area contributed by atoms with Gasteiger partial charge in [0.05, 0.1) is 6.10 Å². The number of hydrogen-bond donors (Lipinski definition) is 3. The summed E-state index contributed by atoms with van der Waals surface area (Å²) in [7, 11) is 0. The van der Waals surface area contributed by atoms with Gasteiger partial charge < -0.3 is 28.1 Å². The van der Waals surface area contributed by atoms with Crippen LogP contribution >= 0.6 is 11.3 Å². The molecule has 0 aliphatic heterocycles. The Morgan fingerprint density at radius 3 is 2.73 bits per heavy atom. The van der Waals surface area contributed by atoms with Gasteiger partial charge in [-0.05, 0) is 18.4 Å². The van der Waals surface area contributed by atoms with Crippen LogP contribution in [0.2, 0.25) is 0 Å². The minimum Gasteiger partial charge on any atom is -1.00 e. The van der Waals surface area contributed by atoms with Crippen molar-refractivity contribution in [1.29, 1.82) is 0 Å². The van der Waals surface area contributed by atoms with Crippen molar-refractivity contribution in [3.05, 3.63) is 22.4 Å². The van der Waals surface area contributed by atoms with Gasteiger partial charge in [0.25, 0.3) is 0 Å². The van der Waals surface area contributed by atoms with E-state index in [2.05, 4.69) is 28.1 Å². The van der Waals surface area contributed by atoms with E-state index in [1.54, 1.807) is 18.3 Å². The lowest BCUT2D eigenvalue weighted by atomic mass is 10.4. The molecule has 5 heteroatoms. The Bertz CT molecular complexity index is 229. The van der Waals surface area contributed by atoms with Crippen LogP contribution in [-0.4, -0.2) is 30.8 Å². The molecule has 1 rings (SSSR count). The Labute approximate surface area is 101 Å². The standard InChI is InChI=1S/C10H18N2OS.ClH/c1-9(13)7-11-4-5-12-8-10-3-2-6-14-10;/h2-3,6,9,11-13H,4-5,7-8H2,1H3;1H/p-1. The maximum Gasteiger partial charge on any atom is 0.0636 e. The Morgan fingerprint density at radius 2 is 2.13 bits per heavy atom. The van der Waals surface area contributed by atoms with Crippen LogP contribution in [0.4, 0.5) is 0 Å². The monoisotopic (exact) mass is 249 g/mol. The fraction of sp³-hybridized carbons (Fsp3) is 0.600. The summed E-state index contributed by atoms with van der Waals surface area (Å²) in [6.45, 7) is 5.22. The average Bonchev–Trinajstić information content (AvgIpc) is 2.63. The third-order valence-electron chi connectivity index (χ3n) is 1.80. The highest BCUT2D eigenvalue weighted by Gasteiger charge is 1.94. The number of hydrogen-bond acceptors (Lipinski definition) is 4. The van der Waals surface area contributed by atoms with Gasteiger partial charge in [-0.2, -0.15) is 0 Å². The maximum absolute atomic E-state index is 8.98. The van der Waals surface area contributed by atoms with E-state index in [1.807, 2.05) is 0 Å². The topological polar surface area (TPSA) is 44.3 Å². The van der Waals surface area contributed by atoms with E-state index in [0.29, 0.717) is 6.54 Å². The summed E-state index contributed by atoms with van der Waals surface area (Å²) >= 11 is 1.77. The van der Waals surface area contributed by atoms with E-state index in [9.17, 15) is 0 Å². The third kappa shape index (κ3) is 7.76. The molecule has 1 aromatic heterocycles. The minimum absolute atomic E-state index is 0. The molecule has 3 N–H and O–H groups in total. The molecule has 0 aliphatic carbocycles. The minimum atomic E-state index is -0.257. The Kier molecular flexibility index (Phi) is 9.04. The largest absolute Gasteiger partial charge is 1.00 e. The van der Waals surface area contributed by atoms with Crippen molar-refractivity contribution in [3.63, 3.8) is 0 Å². The summed E-state index contributed by atoms with van der Waals surface area (Å²) in [5.74, 6) is 0. The zero-order chi connectivity index (χ0) is 10.2. The highest BCUT2D eigenvalue weighted by molar-refractivity contribution is 7.09. The second-order valence-corrected chi connectivity index (χ2v) is 4.34. The van der Waals surface area contributed by atoms with Crippen LogP contribution in [0, 0.1) is 0 Å². The molecule has 0 aromatic carbocycles. The first-order valence-electron chi connectivity index (χ1n) is 4.91. The molecule has 0 radical (unpaired) electrons. The smallest absolute Gasteiger partial charge is 0.0636 e. The average molecular weight is 250 g/mol. The van der Waals surface area contributed by atoms with Gasteiger partial charge in [0.2, 0.25) is 0 Å². The highest BCUT2D eigenvalue weighted by atomic mass is 35.5. The van der Waals surface area contributed by atoms with E-state index >= 15 is 0 Å². The van der Waals surface area contributed by atoms with E-state index in [-0.39, 0.29) is 18.5 Å². The molecule has 0 bridgehead atoms. The zero-order valence-corrected chi connectivity index (χ0v) is 10.4. The van der Waals surface area contributed by atoms with Gasteiger partial charge in [0.1, 0.15) is 0 Å². The summed E-state index contributed by atoms with van der Waals surface area (Å²) in [5.41, 5.74) is 0. The Morgan fingerprint density at radius 1 is 1.40 bits per heavy atom.